The maximum absolute atomic E-state index is 6.00. The number of halogens is 2. The highest BCUT2D eigenvalue weighted by Crippen LogP contribution is 2.32. The summed E-state index contributed by atoms with van der Waals surface area (Å²) in [4.78, 5) is 0. The Morgan fingerprint density at radius 3 is 2.78 bits per heavy atom. The van der Waals surface area contributed by atoms with Gasteiger partial charge in [-0.3, -0.25) is 5.10 Å². The Labute approximate surface area is 120 Å². The van der Waals surface area contributed by atoms with Gasteiger partial charge in [-0.1, -0.05) is 31.5 Å². The molecule has 0 aliphatic rings. The average molecular weight is 329 g/mol. The summed E-state index contributed by atoms with van der Waals surface area (Å²) in [5.41, 5.74) is 8.99. The van der Waals surface area contributed by atoms with Crippen LogP contribution in [0.5, 0.6) is 0 Å². The predicted octanol–water partition coefficient (Wildman–Crippen LogP) is 4.27. The molecule has 18 heavy (non-hydrogen) atoms. The molecule has 0 saturated carbocycles. The zero-order valence-corrected chi connectivity index (χ0v) is 12.6. The number of nitrogen functional groups attached to an aromatic ring is 1. The first-order chi connectivity index (χ1) is 8.49. The quantitative estimate of drug-likeness (QED) is 0.884. The number of aromatic nitrogens is 2. The minimum atomic E-state index is 0.527. The van der Waals surface area contributed by atoms with E-state index in [0.29, 0.717) is 16.8 Å². The highest BCUT2D eigenvalue weighted by molar-refractivity contribution is 9.10. The number of rotatable bonds is 3. The van der Waals surface area contributed by atoms with E-state index < -0.39 is 0 Å². The van der Waals surface area contributed by atoms with Gasteiger partial charge < -0.3 is 5.73 Å². The molecule has 2 rings (SSSR count). The molecule has 0 bridgehead atoms. The van der Waals surface area contributed by atoms with E-state index in [4.69, 9.17) is 17.3 Å². The highest BCUT2D eigenvalue weighted by Gasteiger charge is 2.14. The van der Waals surface area contributed by atoms with Crippen LogP contribution in [0.3, 0.4) is 0 Å². The van der Waals surface area contributed by atoms with E-state index in [1.807, 2.05) is 18.2 Å². The van der Waals surface area contributed by atoms with Crippen molar-refractivity contribution in [3.8, 4) is 11.3 Å². The zero-order chi connectivity index (χ0) is 13.3. The number of aromatic amines is 1. The first-order valence-electron chi connectivity index (χ1n) is 5.77. The van der Waals surface area contributed by atoms with Crippen LogP contribution in [0, 0.1) is 5.92 Å². The molecule has 3 nitrogen and oxygen atoms in total. The second kappa shape index (κ2) is 5.33. The van der Waals surface area contributed by atoms with Gasteiger partial charge in [-0.25, -0.2) is 0 Å². The van der Waals surface area contributed by atoms with Crippen LogP contribution in [-0.2, 0) is 6.42 Å². The molecule has 0 amide bonds. The van der Waals surface area contributed by atoms with Gasteiger partial charge in [0.15, 0.2) is 0 Å². The van der Waals surface area contributed by atoms with Crippen molar-refractivity contribution in [3.05, 3.63) is 33.3 Å². The fourth-order valence-electron chi connectivity index (χ4n) is 1.88. The normalized spacial score (nSPS) is 11.2. The Kier molecular flexibility index (Phi) is 3.97. The van der Waals surface area contributed by atoms with Gasteiger partial charge in [0.2, 0.25) is 0 Å². The second-order valence-corrected chi connectivity index (χ2v) is 5.95. The first kappa shape index (κ1) is 13.4. The SMILES string of the molecule is CC(C)Cc1c(N)n[nH]c1-c1ccc(Cl)c(Br)c1. The standard InChI is InChI=1S/C13H15BrClN3/c1-7(2)5-9-12(17-18-13(9)16)8-3-4-11(15)10(14)6-8/h3-4,6-7H,5H2,1-2H3,(H3,16,17,18). The van der Waals surface area contributed by atoms with Gasteiger partial charge in [0.05, 0.1) is 10.7 Å². The lowest BCUT2D eigenvalue weighted by molar-refractivity contribution is 0.649. The molecular formula is C13H15BrClN3. The van der Waals surface area contributed by atoms with Gasteiger partial charge >= 0.3 is 0 Å². The molecule has 2 aromatic rings. The molecule has 0 radical (unpaired) electrons. The van der Waals surface area contributed by atoms with E-state index in [-0.39, 0.29) is 0 Å². The van der Waals surface area contributed by atoms with Crippen LogP contribution >= 0.6 is 27.5 Å². The predicted molar refractivity (Wildman–Crippen MR) is 79.7 cm³/mol. The molecule has 0 saturated heterocycles. The molecule has 0 spiro atoms. The summed E-state index contributed by atoms with van der Waals surface area (Å²) in [5, 5.41) is 7.80. The van der Waals surface area contributed by atoms with Crippen LogP contribution in [0.2, 0.25) is 5.02 Å². The Bertz CT molecular complexity index is 563. The summed E-state index contributed by atoms with van der Waals surface area (Å²) in [6.07, 6.45) is 0.901. The van der Waals surface area contributed by atoms with Gasteiger partial charge in [0.1, 0.15) is 5.82 Å². The maximum Gasteiger partial charge on any atom is 0.149 e. The van der Waals surface area contributed by atoms with Crippen molar-refractivity contribution in [1.82, 2.24) is 10.2 Å². The van der Waals surface area contributed by atoms with Gasteiger partial charge in [0.25, 0.3) is 0 Å². The van der Waals surface area contributed by atoms with Crippen LogP contribution in [-0.4, -0.2) is 10.2 Å². The number of hydrogen-bond donors (Lipinski definition) is 2. The Balaban J connectivity index is 2.47. The molecule has 0 aliphatic carbocycles. The van der Waals surface area contributed by atoms with E-state index in [2.05, 4.69) is 40.0 Å². The van der Waals surface area contributed by atoms with Crippen LogP contribution in [0.4, 0.5) is 5.82 Å². The van der Waals surface area contributed by atoms with Gasteiger partial charge in [0, 0.05) is 15.6 Å². The summed E-state index contributed by atoms with van der Waals surface area (Å²) < 4.78 is 0.866. The average Bonchev–Trinajstić information content (AvgIpc) is 2.64. The lowest BCUT2D eigenvalue weighted by Crippen LogP contribution is -1.99. The minimum absolute atomic E-state index is 0.527. The summed E-state index contributed by atoms with van der Waals surface area (Å²) in [7, 11) is 0. The molecule has 3 N–H and O–H groups in total. The third kappa shape index (κ3) is 2.70. The van der Waals surface area contributed by atoms with Crippen molar-refractivity contribution in [2.24, 2.45) is 5.92 Å². The zero-order valence-electron chi connectivity index (χ0n) is 10.3. The summed E-state index contributed by atoms with van der Waals surface area (Å²) in [6, 6.07) is 5.79. The van der Waals surface area contributed by atoms with E-state index in [0.717, 1.165) is 27.7 Å². The van der Waals surface area contributed by atoms with Crippen LogP contribution in [0.1, 0.15) is 19.4 Å². The largest absolute Gasteiger partial charge is 0.382 e. The van der Waals surface area contributed by atoms with Crippen molar-refractivity contribution >= 4 is 33.3 Å². The lowest BCUT2D eigenvalue weighted by Gasteiger charge is -2.08. The molecule has 0 aliphatic heterocycles. The van der Waals surface area contributed by atoms with E-state index >= 15 is 0 Å². The maximum atomic E-state index is 6.00. The molecule has 0 unspecified atom stereocenters. The summed E-state index contributed by atoms with van der Waals surface area (Å²) >= 11 is 9.43. The molecule has 1 aromatic carbocycles. The van der Waals surface area contributed by atoms with Crippen molar-refractivity contribution in [1.29, 1.82) is 0 Å². The Morgan fingerprint density at radius 1 is 1.44 bits per heavy atom. The van der Waals surface area contributed by atoms with Gasteiger partial charge in [-0.05, 0) is 40.4 Å². The van der Waals surface area contributed by atoms with Crippen molar-refractivity contribution < 1.29 is 0 Å². The topological polar surface area (TPSA) is 54.7 Å². The van der Waals surface area contributed by atoms with Gasteiger partial charge in [-0.2, -0.15) is 5.10 Å². The van der Waals surface area contributed by atoms with Crippen molar-refractivity contribution in [2.45, 2.75) is 20.3 Å². The van der Waals surface area contributed by atoms with Gasteiger partial charge in [-0.15, -0.1) is 0 Å². The Morgan fingerprint density at radius 2 is 2.17 bits per heavy atom. The fourth-order valence-corrected chi connectivity index (χ4v) is 2.38. The van der Waals surface area contributed by atoms with Crippen molar-refractivity contribution in [3.63, 3.8) is 0 Å². The molecular weight excluding hydrogens is 314 g/mol. The molecule has 5 heteroatoms. The second-order valence-electron chi connectivity index (χ2n) is 4.69. The van der Waals surface area contributed by atoms with Crippen LogP contribution in [0.25, 0.3) is 11.3 Å². The third-order valence-corrected chi connectivity index (χ3v) is 3.93. The Hall–Kier alpha value is -1.000. The number of nitrogens with one attached hydrogen (secondary N) is 1. The van der Waals surface area contributed by atoms with Crippen LogP contribution in [0.15, 0.2) is 22.7 Å². The molecule has 1 aromatic heterocycles. The molecule has 1 heterocycles. The molecule has 0 fully saturated rings. The summed E-state index contributed by atoms with van der Waals surface area (Å²) in [6.45, 7) is 4.32. The molecule has 0 atom stereocenters. The van der Waals surface area contributed by atoms with Crippen LogP contribution < -0.4 is 5.73 Å². The van der Waals surface area contributed by atoms with Crippen molar-refractivity contribution in [2.75, 3.05) is 5.73 Å². The highest BCUT2D eigenvalue weighted by atomic mass is 79.9. The minimum Gasteiger partial charge on any atom is -0.382 e. The van der Waals surface area contributed by atoms with E-state index in [1.54, 1.807) is 0 Å². The number of nitrogens with zero attached hydrogens (tertiary/aromatic N) is 1. The fraction of sp³-hybridized carbons (Fsp3) is 0.308. The van der Waals surface area contributed by atoms with E-state index in [9.17, 15) is 0 Å². The lowest BCUT2D eigenvalue weighted by atomic mass is 9.99. The number of benzene rings is 1. The first-order valence-corrected chi connectivity index (χ1v) is 6.94. The van der Waals surface area contributed by atoms with E-state index in [1.165, 1.54) is 0 Å². The number of nitrogens with two attached hydrogens (primary N) is 1. The molecule has 96 valence electrons. The smallest absolute Gasteiger partial charge is 0.149 e. The number of H-pyrrole nitrogens is 1. The third-order valence-electron chi connectivity index (χ3n) is 2.72. The summed E-state index contributed by atoms with van der Waals surface area (Å²) in [5.74, 6) is 1.10. The number of hydrogen-bond acceptors (Lipinski definition) is 2. The monoisotopic (exact) mass is 327 g/mol. The number of anilines is 1.